The Bertz CT molecular complexity index is 787. The molecule has 4 rings (SSSR count). The Morgan fingerprint density at radius 3 is 1.41 bits per heavy atom. The molecule has 140 valence electrons. The van der Waals surface area contributed by atoms with Crippen LogP contribution in [-0.2, 0) is 9.47 Å². The molecule has 0 saturated heterocycles. The van der Waals surface area contributed by atoms with Gasteiger partial charge in [0.25, 0.3) is 0 Å². The smallest absolute Gasteiger partial charge is 0.199 e. The highest BCUT2D eigenvalue weighted by atomic mass is 16.5. The number of nitrogens with zero attached hydrogens (tertiary/aromatic N) is 2. The van der Waals surface area contributed by atoms with Gasteiger partial charge in [0.2, 0.25) is 0 Å². The Morgan fingerprint density at radius 2 is 1.04 bits per heavy atom. The van der Waals surface area contributed by atoms with E-state index < -0.39 is 5.41 Å². The van der Waals surface area contributed by atoms with Crippen LogP contribution in [0.5, 0.6) is 0 Å². The van der Waals surface area contributed by atoms with E-state index in [1.54, 1.807) is 0 Å². The van der Waals surface area contributed by atoms with Crippen molar-refractivity contribution in [2.24, 2.45) is 15.4 Å². The maximum Gasteiger partial charge on any atom is 0.199 e. The summed E-state index contributed by atoms with van der Waals surface area (Å²) in [5.74, 6) is 1.40. The second kappa shape index (κ2) is 6.84. The van der Waals surface area contributed by atoms with Gasteiger partial charge in [0.1, 0.15) is 29.7 Å². The fourth-order valence-corrected chi connectivity index (χ4v) is 3.70. The van der Waals surface area contributed by atoms with Crippen molar-refractivity contribution >= 4 is 11.8 Å². The second-order valence-corrected chi connectivity index (χ2v) is 7.85. The minimum atomic E-state index is -0.504. The van der Waals surface area contributed by atoms with Crippen molar-refractivity contribution < 1.29 is 9.47 Å². The molecule has 2 aromatic rings. The first kappa shape index (κ1) is 17.8. The van der Waals surface area contributed by atoms with Gasteiger partial charge in [0.15, 0.2) is 11.8 Å². The zero-order chi connectivity index (χ0) is 19.0. The standard InChI is InChI=1S/C23H26N2O2/c1-15-19(17-11-7-5-8-12-17)24-21(26-15)23(3,4)22-25-20(16(2)27-22)18-13-9-6-10-14-18/h5-16,19-20H,1-4H3/t15-,16-,19-,20-/m0/s1. The molecule has 2 aromatic carbocycles. The maximum absolute atomic E-state index is 6.17. The SMILES string of the molecule is C[C@@H]1OC(C(C)(C)C2=N[C@H](c3ccccc3)[C@H](C)O2)=N[C@@H]1c1ccccc1. The largest absolute Gasteiger partial charge is 0.475 e. The third-order valence-electron chi connectivity index (χ3n) is 5.35. The average molecular weight is 362 g/mol. The molecule has 0 radical (unpaired) electrons. The van der Waals surface area contributed by atoms with E-state index in [1.165, 1.54) is 11.1 Å². The second-order valence-electron chi connectivity index (χ2n) is 7.85. The van der Waals surface area contributed by atoms with Crippen molar-refractivity contribution in [3.8, 4) is 0 Å². The lowest BCUT2D eigenvalue weighted by molar-refractivity contribution is 0.177. The highest BCUT2D eigenvalue weighted by Crippen LogP contribution is 2.39. The highest BCUT2D eigenvalue weighted by Gasteiger charge is 2.45. The molecule has 4 heteroatoms. The van der Waals surface area contributed by atoms with Crippen LogP contribution in [0.3, 0.4) is 0 Å². The van der Waals surface area contributed by atoms with Gasteiger partial charge in [-0.2, -0.15) is 0 Å². The monoisotopic (exact) mass is 362 g/mol. The van der Waals surface area contributed by atoms with Crippen LogP contribution in [0.25, 0.3) is 0 Å². The maximum atomic E-state index is 6.17. The van der Waals surface area contributed by atoms with Crippen LogP contribution in [0.15, 0.2) is 70.6 Å². The Labute approximate surface area is 161 Å². The van der Waals surface area contributed by atoms with Gasteiger partial charge in [-0.25, -0.2) is 9.98 Å². The fourth-order valence-electron chi connectivity index (χ4n) is 3.70. The van der Waals surface area contributed by atoms with E-state index in [0.29, 0.717) is 11.8 Å². The van der Waals surface area contributed by atoms with Crippen LogP contribution in [-0.4, -0.2) is 24.0 Å². The minimum absolute atomic E-state index is 0.00446. The molecule has 0 bridgehead atoms. The number of aliphatic imine (C=N–C) groups is 2. The molecule has 0 aliphatic carbocycles. The molecule has 0 aromatic heterocycles. The van der Waals surface area contributed by atoms with Gasteiger partial charge in [0, 0.05) is 0 Å². The van der Waals surface area contributed by atoms with Crippen LogP contribution in [0.1, 0.15) is 50.9 Å². The molecule has 2 aliphatic heterocycles. The summed E-state index contributed by atoms with van der Waals surface area (Å²) in [6, 6.07) is 20.6. The Morgan fingerprint density at radius 1 is 0.667 bits per heavy atom. The Kier molecular flexibility index (Phi) is 4.50. The Balaban J connectivity index is 1.62. The predicted molar refractivity (Wildman–Crippen MR) is 108 cm³/mol. The molecule has 27 heavy (non-hydrogen) atoms. The number of hydrogen-bond acceptors (Lipinski definition) is 4. The van der Waals surface area contributed by atoms with Gasteiger partial charge in [-0.3, -0.25) is 0 Å². The lowest BCUT2D eigenvalue weighted by atomic mass is 9.93. The summed E-state index contributed by atoms with van der Waals surface area (Å²) in [5.41, 5.74) is 1.83. The summed E-state index contributed by atoms with van der Waals surface area (Å²) in [7, 11) is 0. The van der Waals surface area contributed by atoms with Crippen LogP contribution >= 0.6 is 0 Å². The van der Waals surface area contributed by atoms with E-state index in [4.69, 9.17) is 19.5 Å². The van der Waals surface area contributed by atoms with Crippen molar-refractivity contribution in [2.75, 3.05) is 0 Å². The fraction of sp³-hybridized carbons (Fsp3) is 0.391. The van der Waals surface area contributed by atoms with E-state index >= 15 is 0 Å². The zero-order valence-electron chi connectivity index (χ0n) is 16.3. The first-order valence-corrected chi connectivity index (χ1v) is 9.56. The molecular weight excluding hydrogens is 336 g/mol. The van der Waals surface area contributed by atoms with Gasteiger partial charge >= 0.3 is 0 Å². The van der Waals surface area contributed by atoms with Crippen molar-refractivity contribution in [1.29, 1.82) is 0 Å². The van der Waals surface area contributed by atoms with Crippen LogP contribution in [0, 0.1) is 5.41 Å². The third-order valence-corrected chi connectivity index (χ3v) is 5.35. The summed E-state index contributed by atoms with van der Waals surface area (Å²) < 4.78 is 12.3. The van der Waals surface area contributed by atoms with E-state index in [0.717, 1.165) is 0 Å². The van der Waals surface area contributed by atoms with E-state index in [2.05, 4.69) is 52.0 Å². The normalized spacial score (nSPS) is 27.6. The van der Waals surface area contributed by atoms with Crippen molar-refractivity contribution in [1.82, 2.24) is 0 Å². The zero-order valence-corrected chi connectivity index (χ0v) is 16.3. The van der Waals surface area contributed by atoms with Crippen LogP contribution in [0.4, 0.5) is 0 Å². The summed E-state index contributed by atoms with van der Waals surface area (Å²) >= 11 is 0. The molecule has 0 N–H and O–H groups in total. The summed E-state index contributed by atoms with van der Waals surface area (Å²) in [6.07, 6.45) is -0.0166. The minimum Gasteiger partial charge on any atom is -0.475 e. The summed E-state index contributed by atoms with van der Waals surface area (Å²) in [6.45, 7) is 8.28. The predicted octanol–water partition coefficient (Wildman–Crippen LogP) is 5.13. The lowest BCUT2D eigenvalue weighted by Crippen LogP contribution is -2.35. The van der Waals surface area contributed by atoms with Gasteiger partial charge in [-0.05, 0) is 38.8 Å². The van der Waals surface area contributed by atoms with Gasteiger partial charge in [0.05, 0.1) is 0 Å². The highest BCUT2D eigenvalue weighted by molar-refractivity contribution is 6.05. The van der Waals surface area contributed by atoms with E-state index in [-0.39, 0.29) is 24.3 Å². The number of ether oxygens (including phenoxy) is 2. The number of hydrogen-bond donors (Lipinski definition) is 0. The molecule has 0 fully saturated rings. The Hall–Kier alpha value is -2.62. The molecular formula is C23H26N2O2. The first-order valence-electron chi connectivity index (χ1n) is 9.56. The summed E-state index contributed by atoms with van der Waals surface area (Å²) in [4.78, 5) is 9.82. The molecule has 0 amide bonds. The quantitative estimate of drug-likeness (QED) is 0.757. The topological polar surface area (TPSA) is 43.2 Å². The van der Waals surface area contributed by atoms with Gasteiger partial charge in [-0.1, -0.05) is 60.7 Å². The average Bonchev–Trinajstić information content (AvgIpc) is 3.27. The number of rotatable bonds is 4. The van der Waals surface area contributed by atoms with Gasteiger partial charge in [-0.15, -0.1) is 0 Å². The molecule has 4 nitrogen and oxygen atoms in total. The first-order chi connectivity index (χ1) is 13.0. The van der Waals surface area contributed by atoms with Crippen LogP contribution < -0.4 is 0 Å². The van der Waals surface area contributed by atoms with E-state index in [1.807, 2.05) is 36.4 Å². The van der Waals surface area contributed by atoms with E-state index in [9.17, 15) is 0 Å². The van der Waals surface area contributed by atoms with Crippen molar-refractivity contribution in [3.63, 3.8) is 0 Å². The van der Waals surface area contributed by atoms with Gasteiger partial charge < -0.3 is 9.47 Å². The molecule has 0 saturated carbocycles. The molecule has 2 heterocycles. The van der Waals surface area contributed by atoms with Crippen molar-refractivity contribution in [3.05, 3.63) is 71.8 Å². The summed E-state index contributed by atoms with van der Waals surface area (Å²) in [5, 5.41) is 0. The third kappa shape index (κ3) is 3.25. The molecule has 0 unspecified atom stereocenters. The lowest BCUT2D eigenvalue weighted by Gasteiger charge is -2.24. The molecule has 2 aliphatic rings. The molecule has 4 atom stereocenters. The number of benzene rings is 2. The van der Waals surface area contributed by atoms with Crippen LogP contribution in [0.2, 0.25) is 0 Å². The molecule has 0 spiro atoms. The van der Waals surface area contributed by atoms with Crippen molar-refractivity contribution in [2.45, 2.75) is 52.0 Å².